The van der Waals surface area contributed by atoms with E-state index >= 15 is 0 Å². The van der Waals surface area contributed by atoms with Gasteiger partial charge in [0.1, 0.15) is 5.82 Å². The van der Waals surface area contributed by atoms with Crippen LogP contribution in [-0.2, 0) is 0 Å². The molecule has 0 aromatic rings. The number of rotatable bonds is 6. The van der Waals surface area contributed by atoms with Crippen LogP contribution in [0.25, 0.3) is 0 Å². The highest BCUT2D eigenvalue weighted by atomic mass is 15.7. The number of nitrogens with one attached hydrogen (secondary N) is 2. The molecule has 0 amide bonds. The van der Waals surface area contributed by atoms with E-state index in [0.29, 0.717) is 11.8 Å². The molecule has 0 aromatic heterocycles. The van der Waals surface area contributed by atoms with E-state index in [1.54, 1.807) is 0 Å². The van der Waals surface area contributed by atoms with E-state index in [-0.39, 0.29) is 11.0 Å². The Labute approximate surface area is 125 Å². The Balaban J connectivity index is 2.87. The molecule has 4 nitrogen and oxygen atoms in total. The zero-order chi connectivity index (χ0) is 15.7. The van der Waals surface area contributed by atoms with E-state index in [1.807, 2.05) is 0 Å². The van der Waals surface area contributed by atoms with Gasteiger partial charge < -0.3 is 4.90 Å². The lowest BCUT2D eigenvalue weighted by atomic mass is 9.67. The van der Waals surface area contributed by atoms with Gasteiger partial charge in [-0.3, -0.25) is 10.4 Å². The summed E-state index contributed by atoms with van der Waals surface area (Å²) in [4.78, 5) is 2.26. The third kappa shape index (κ3) is 3.22. The van der Waals surface area contributed by atoms with Gasteiger partial charge in [-0.2, -0.15) is 0 Å². The molecule has 0 fully saturated rings. The van der Waals surface area contributed by atoms with Gasteiger partial charge in [-0.15, -0.1) is 5.53 Å². The summed E-state index contributed by atoms with van der Waals surface area (Å²) in [5.74, 6) is 2.38. The third-order valence-electron chi connectivity index (χ3n) is 5.23. The van der Waals surface area contributed by atoms with Gasteiger partial charge in [0.15, 0.2) is 0 Å². The van der Waals surface area contributed by atoms with Crippen molar-refractivity contribution in [3.05, 3.63) is 12.0 Å². The van der Waals surface area contributed by atoms with Crippen molar-refractivity contribution in [3.8, 4) is 0 Å². The van der Waals surface area contributed by atoms with Gasteiger partial charge in [-0.05, 0) is 31.1 Å². The Morgan fingerprint density at radius 3 is 2.15 bits per heavy atom. The van der Waals surface area contributed by atoms with Gasteiger partial charge in [-0.1, -0.05) is 41.5 Å². The Morgan fingerprint density at radius 1 is 1.15 bits per heavy atom. The highest BCUT2D eigenvalue weighted by molar-refractivity contribution is 5.07. The maximum atomic E-state index is 3.31. The average Bonchev–Trinajstić information content (AvgIpc) is 2.77. The molecule has 1 rings (SSSR count). The minimum Gasteiger partial charge on any atom is -0.359 e. The van der Waals surface area contributed by atoms with Crippen molar-refractivity contribution in [1.29, 1.82) is 0 Å². The van der Waals surface area contributed by atoms with Gasteiger partial charge in [0.2, 0.25) is 0 Å². The quantitative estimate of drug-likeness (QED) is 0.783. The highest BCUT2D eigenvalue weighted by Gasteiger charge is 2.44. The Hall–Kier alpha value is -0.900. The Morgan fingerprint density at radius 2 is 1.70 bits per heavy atom. The summed E-state index contributed by atoms with van der Waals surface area (Å²) < 4.78 is 0. The van der Waals surface area contributed by atoms with Crippen molar-refractivity contribution >= 4 is 0 Å². The van der Waals surface area contributed by atoms with Crippen LogP contribution in [0.4, 0.5) is 0 Å². The number of hydrazine groups is 2. The first kappa shape index (κ1) is 17.2. The molecule has 0 unspecified atom stereocenters. The lowest BCUT2D eigenvalue weighted by Crippen LogP contribution is -2.58. The Bertz CT molecular complexity index is 355. The molecule has 0 spiro atoms. The number of hydrogen-bond acceptors (Lipinski definition) is 4. The molecule has 1 aliphatic rings. The van der Waals surface area contributed by atoms with Crippen molar-refractivity contribution < 1.29 is 0 Å². The molecule has 0 radical (unpaired) electrons. The van der Waals surface area contributed by atoms with Crippen LogP contribution in [0.15, 0.2) is 12.0 Å². The van der Waals surface area contributed by atoms with Crippen LogP contribution in [0.3, 0.4) is 0 Å². The molecule has 0 aliphatic carbocycles. The normalized spacial score (nSPS) is 16.8. The fourth-order valence-electron chi connectivity index (χ4n) is 2.46. The molecule has 0 bridgehead atoms. The van der Waals surface area contributed by atoms with Gasteiger partial charge >= 0.3 is 0 Å². The summed E-state index contributed by atoms with van der Waals surface area (Å²) in [5, 5.41) is 2.21. The first-order valence-corrected chi connectivity index (χ1v) is 7.74. The SMILES string of the molecule is CC(C)CN(C)C1=CN(C(C)(C)C(C)(C)C(C)C)NN1. The highest BCUT2D eigenvalue weighted by Crippen LogP contribution is 2.41. The molecule has 0 aromatic carbocycles. The minimum atomic E-state index is 0.00852. The molecule has 2 N–H and O–H groups in total. The third-order valence-corrected chi connectivity index (χ3v) is 5.23. The molecule has 1 aliphatic heterocycles. The maximum absolute atomic E-state index is 3.31. The molecule has 118 valence electrons. The van der Waals surface area contributed by atoms with Crippen LogP contribution >= 0.6 is 0 Å². The number of nitrogens with zero attached hydrogens (tertiary/aromatic N) is 2. The van der Waals surface area contributed by atoms with Gasteiger partial charge in [0.05, 0.1) is 11.7 Å². The standard InChI is InChI=1S/C16H34N4/c1-12(2)10-19(9)14-11-20(18-17-14)16(7,8)15(5,6)13(3)4/h11-13,17-18H,10H2,1-9H3. The summed E-state index contributed by atoms with van der Waals surface area (Å²) in [6.45, 7) is 19.4. The zero-order valence-electron chi connectivity index (χ0n) is 14.8. The second-order valence-electron chi connectivity index (χ2n) is 7.83. The molecular formula is C16H34N4. The van der Waals surface area contributed by atoms with Crippen LogP contribution in [0, 0.1) is 17.3 Å². The van der Waals surface area contributed by atoms with E-state index in [1.165, 1.54) is 0 Å². The average molecular weight is 282 g/mol. The summed E-state index contributed by atoms with van der Waals surface area (Å²) in [6, 6.07) is 0. The van der Waals surface area contributed by atoms with E-state index in [9.17, 15) is 0 Å². The van der Waals surface area contributed by atoms with E-state index in [2.05, 4.69) is 89.5 Å². The Kier molecular flexibility index (Phi) is 5.01. The lowest BCUT2D eigenvalue weighted by molar-refractivity contribution is -0.0161. The maximum Gasteiger partial charge on any atom is 0.135 e. The molecule has 0 atom stereocenters. The van der Waals surface area contributed by atoms with Crippen LogP contribution in [-0.4, -0.2) is 29.0 Å². The zero-order valence-corrected chi connectivity index (χ0v) is 14.8. The van der Waals surface area contributed by atoms with Crippen LogP contribution in [0.2, 0.25) is 0 Å². The van der Waals surface area contributed by atoms with Crippen LogP contribution < -0.4 is 11.0 Å². The summed E-state index contributed by atoms with van der Waals surface area (Å²) >= 11 is 0. The minimum absolute atomic E-state index is 0.00852. The second-order valence-corrected chi connectivity index (χ2v) is 7.83. The first-order valence-electron chi connectivity index (χ1n) is 7.74. The predicted molar refractivity (Wildman–Crippen MR) is 86.4 cm³/mol. The van der Waals surface area contributed by atoms with Gasteiger partial charge in [-0.25, -0.2) is 0 Å². The van der Waals surface area contributed by atoms with E-state index in [0.717, 1.165) is 12.4 Å². The lowest BCUT2D eigenvalue weighted by Gasteiger charge is -2.49. The smallest absolute Gasteiger partial charge is 0.135 e. The summed E-state index contributed by atoms with van der Waals surface area (Å²) in [5.41, 5.74) is 6.80. The second kappa shape index (κ2) is 5.84. The van der Waals surface area contributed by atoms with Gasteiger partial charge in [0.25, 0.3) is 0 Å². The summed E-state index contributed by atoms with van der Waals surface area (Å²) in [6.07, 6.45) is 2.19. The largest absolute Gasteiger partial charge is 0.359 e. The molecule has 0 saturated heterocycles. The van der Waals surface area contributed by atoms with Gasteiger partial charge in [0, 0.05) is 13.6 Å². The molecule has 0 saturated carbocycles. The monoisotopic (exact) mass is 282 g/mol. The molecule has 1 heterocycles. The predicted octanol–water partition coefficient (Wildman–Crippen LogP) is 3.16. The van der Waals surface area contributed by atoms with Crippen molar-refractivity contribution in [3.63, 3.8) is 0 Å². The van der Waals surface area contributed by atoms with Crippen LogP contribution in [0.5, 0.6) is 0 Å². The molecule has 20 heavy (non-hydrogen) atoms. The first-order chi connectivity index (χ1) is 9.00. The fourth-order valence-corrected chi connectivity index (χ4v) is 2.46. The molecular weight excluding hydrogens is 248 g/mol. The van der Waals surface area contributed by atoms with E-state index in [4.69, 9.17) is 0 Å². The van der Waals surface area contributed by atoms with E-state index < -0.39 is 0 Å². The fraction of sp³-hybridized carbons (Fsp3) is 0.875. The van der Waals surface area contributed by atoms with Crippen molar-refractivity contribution in [2.45, 2.75) is 60.9 Å². The van der Waals surface area contributed by atoms with Crippen molar-refractivity contribution in [2.75, 3.05) is 13.6 Å². The number of hydrogen-bond donors (Lipinski definition) is 2. The summed E-state index contributed by atoms with van der Waals surface area (Å²) in [7, 11) is 2.13. The van der Waals surface area contributed by atoms with Crippen molar-refractivity contribution in [2.24, 2.45) is 17.3 Å². The molecule has 4 heteroatoms. The van der Waals surface area contributed by atoms with Crippen LogP contribution in [0.1, 0.15) is 55.4 Å². The topological polar surface area (TPSA) is 30.5 Å². The van der Waals surface area contributed by atoms with Crippen molar-refractivity contribution in [1.82, 2.24) is 20.9 Å².